The Morgan fingerprint density at radius 2 is 1.95 bits per heavy atom. The van der Waals surface area contributed by atoms with Gasteiger partial charge in [-0.25, -0.2) is 8.42 Å². The van der Waals surface area contributed by atoms with Gasteiger partial charge in [-0.15, -0.1) is 4.83 Å². The van der Waals surface area contributed by atoms with Crippen molar-refractivity contribution in [3.8, 4) is 0 Å². The minimum Gasteiger partial charge on any atom is -0.459 e. The Hall–Kier alpha value is -1.54. The number of hydrogen-bond donors (Lipinski definition) is 2. The zero-order valence-electron chi connectivity index (χ0n) is 11.6. The Bertz CT molecular complexity index is 791. The van der Waals surface area contributed by atoms with Crippen LogP contribution in [0.3, 0.4) is 0 Å². The highest BCUT2D eigenvalue weighted by molar-refractivity contribution is 7.89. The fourth-order valence-electron chi connectivity index (χ4n) is 1.77. The number of hydrogen-bond acceptors (Lipinski definition) is 4. The van der Waals surface area contributed by atoms with Gasteiger partial charge < -0.3 is 4.42 Å². The average molecular weight is 363 g/mol. The molecule has 0 atom stereocenters. The van der Waals surface area contributed by atoms with Crippen LogP contribution in [-0.4, -0.2) is 14.3 Å². The highest BCUT2D eigenvalue weighted by Crippen LogP contribution is 2.33. The first-order valence-corrected chi connectivity index (χ1v) is 8.29. The van der Waals surface area contributed by atoms with E-state index in [0.717, 1.165) is 0 Å². The summed E-state index contributed by atoms with van der Waals surface area (Å²) in [5.74, 6) is -0.770. The van der Waals surface area contributed by atoms with Crippen molar-refractivity contribution in [2.45, 2.75) is 18.7 Å². The van der Waals surface area contributed by atoms with Crippen LogP contribution in [0.25, 0.3) is 0 Å². The minimum atomic E-state index is -4.09. The standard InChI is InChI=1S/C13H12Cl2N2O4S/c1-7-6-9(14)8(2)12(11(7)15)22(19,20)17-16-13(18)10-4-3-5-21-10/h3-6,17H,1-2H3,(H,16,18). The molecule has 0 radical (unpaired) electrons. The van der Waals surface area contributed by atoms with E-state index in [1.165, 1.54) is 25.3 Å². The number of rotatable bonds is 4. The van der Waals surface area contributed by atoms with Gasteiger partial charge in [0.05, 0.1) is 11.3 Å². The smallest absolute Gasteiger partial charge is 0.301 e. The third kappa shape index (κ3) is 3.27. The van der Waals surface area contributed by atoms with Gasteiger partial charge in [-0.1, -0.05) is 23.2 Å². The number of nitrogens with one attached hydrogen (secondary N) is 2. The molecule has 2 N–H and O–H groups in total. The molecule has 1 aromatic carbocycles. The maximum absolute atomic E-state index is 12.4. The molecule has 9 heteroatoms. The Balaban J connectivity index is 2.30. The molecule has 1 aromatic heterocycles. The van der Waals surface area contributed by atoms with E-state index in [1.54, 1.807) is 13.0 Å². The van der Waals surface area contributed by atoms with Crippen molar-refractivity contribution in [3.05, 3.63) is 51.4 Å². The molecular weight excluding hydrogens is 351 g/mol. The molecule has 2 aromatic rings. The molecule has 6 nitrogen and oxygen atoms in total. The Morgan fingerprint density at radius 1 is 1.27 bits per heavy atom. The van der Waals surface area contributed by atoms with Crippen molar-refractivity contribution in [2.75, 3.05) is 0 Å². The Morgan fingerprint density at radius 3 is 2.55 bits per heavy atom. The van der Waals surface area contributed by atoms with Gasteiger partial charge in [-0.05, 0) is 43.2 Å². The summed E-state index contributed by atoms with van der Waals surface area (Å²) in [5.41, 5.74) is 2.84. The molecule has 0 saturated carbocycles. The normalized spacial score (nSPS) is 11.5. The fourth-order valence-corrected chi connectivity index (χ4v) is 3.82. The van der Waals surface area contributed by atoms with E-state index in [9.17, 15) is 13.2 Å². The largest absolute Gasteiger partial charge is 0.459 e. The van der Waals surface area contributed by atoms with Gasteiger partial charge in [0, 0.05) is 5.02 Å². The lowest BCUT2D eigenvalue weighted by Crippen LogP contribution is -2.41. The van der Waals surface area contributed by atoms with Crippen molar-refractivity contribution < 1.29 is 17.6 Å². The zero-order valence-corrected chi connectivity index (χ0v) is 13.9. The van der Waals surface area contributed by atoms with Gasteiger partial charge in [-0.2, -0.15) is 0 Å². The summed E-state index contributed by atoms with van der Waals surface area (Å²) in [6, 6.07) is 4.47. The first-order chi connectivity index (χ1) is 10.2. The predicted octanol–water partition coefficient (Wildman–Crippen LogP) is 2.83. The summed E-state index contributed by atoms with van der Waals surface area (Å²) in [4.78, 5) is 13.5. The molecule has 118 valence electrons. The van der Waals surface area contributed by atoms with Gasteiger partial charge in [0.2, 0.25) is 0 Å². The number of furan rings is 1. The second-order valence-electron chi connectivity index (χ2n) is 4.48. The lowest BCUT2D eigenvalue weighted by Gasteiger charge is -2.14. The van der Waals surface area contributed by atoms with Crippen molar-refractivity contribution in [1.82, 2.24) is 10.3 Å². The summed E-state index contributed by atoms with van der Waals surface area (Å²) in [7, 11) is -4.09. The van der Waals surface area contributed by atoms with Gasteiger partial charge in [0.15, 0.2) is 5.76 Å². The van der Waals surface area contributed by atoms with E-state index in [1.807, 2.05) is 10.3 Å². The van der Waals surface area contributed by atoms with Crippen LogP contribution >= 0.6 is 23.2 Å². The first kappa shape index (κ1) is 16.8. The Kier molecular flexibility index (Phi) is 4.81. The van der Waals surface area contributed by atoms with E-state index in [-0.39, 0.29) is 26.3 Å². The van der Waals surface area contributed by atoms with Crippen molar-refractivity contribution in [3.63, 3.8) is 0 Å². The third-order valence-electron chi connectivity index (χ3n) is 2.90. The van der Waals surface area contributed by atoms with Crippen LogP contribution in [0.1, 0.15) is 21.7 Å². The molecule has 0 aliphatic carbocycles. The molecule has 0 aliphatic rings. The van der Waals surface area contributed by atoms with E-state index < -0.39 is 15.9 Å². The topological polar surface area (TPSA) is 88.4 Å². The molecule has 0 saturated heterocycles. The molecule has 2 rings (SSSR count). The van der Waals surface area contributed by atoms with Crippen molar-refractivity contribution >= 4 is 39.1 Å². The second kappa shape index (κ2) is 6.29. The first-order valence-electron chi connectivity index (χ1n) is 6.05. The summed E-state index contributed by atoms with van der Waals surface area (Å²) in [6.07, 6.45) is 1.30. The molecule has 0 spiro atoms. The van der Waals surface area contributed by atoms with Crippen molar-refractivity contribution in [1.29, 1.82) is 0 Å². The monoisotopic (exact) mass is 362 g/mol. The number of halogens is 2. The molecule has 0 bridgehead atoms. The van der Waals surface area contributed by atoms with Crippen LogP contribution in [0.15, 0.2) is 33.8 Å². The van der Waals surface area contributed by atoms with Gasteiger partial charge in [0.25, 0.3) is 10.0 Å². The number of carbonyl (C=O) groups excluding carboxylic acids is 1. The number of amides is 1. The summed E-state index contributed by atoms with van der Waals surface area (Å²) in [5, 5.41) is 0.307. The number of sulfonamides is 1. The molecule has 22 heavy (non-hydrogen) atoms. The van der Waals surface area contributed by atoms with Gasteiger partial charge >= 0.3 is 5.91 Å². The van der Waals surface area contributed by atoms with E-state index in [4.69, 9.17) is 27.6 Å². The van der Waals surface area contributed by atoms with E-state index in [2.05, 4.69) is 0 Å². The summed E-state index contributed by atoms with van der Waals surface area (Å²) < 4.78 is 29.6. The zero-order chi connectivity index (χ0) is 16.5. The number of benzene rings is 1. The van der Waals surface area contributed by atoms with Crippen LogP contribution < -0.4 is 10.3 Å². The minimum absolute atomic E-state index is 0.0345. The molecule has 0 unspecified atom stereocenters. The highest BCUT2D eigenvalue weighted by atomic mass is 35.5. The lowest BCUT2D eigenvalue weighted by molar-refractivity contribution is 0.0917. The number of aryl methyl sites for hydroxylation is 1. The molecule has 0 fully saturated rings. The lowest BCUT2D eigenvalue weighted by atomic mass is 10.2. The summed E-state index contributed by atoms with van der Waals surface area (Å²) >= 11 is 12.0. The molecule has 1 amide bonds. The van der Waals surface area contributed by atoms with Crippen LogP contribution in [0.5, 0.6) is 0 Å². The Labute approximate surface area is 137 Å². The SMILES string of the molecule is Cc1cc(Cl)c(C)c(S(=O)(=O)NNC(=O)c2ccco2)c1Cl. The van der Waals surface area contributed by atoms with Crippen LogP contribution in [0.2, 0.25) is 10.0 Å². The van der Waals surface area contributed by atoms with E-state index in [0.29, 0.717) is 5.56 Å². The maximum Gasteiger partial charge on any atom is 0.301 e. The van der Waals surface area contributed by atoms with E-state index >= 15 is 0 Å². The fraction of sp³-hybridized carbons (Fsp3) is 0.154. The van der Waals surface area contributed by atoms with Crippen LogP contribution in [-0.2, 0) is 10.0 Å². The molecule has 0 aliphatic heterocycles. The van der Waals surface area contributed by atoms with Gasteiger partial charge in [-0.3, -0.25) is 10.2 Å². The van der Waals surface area contributed by atoms with Crippen LogP contribution in [0, 0.1) is 13.8 Å². The quantitative estimate of drug-likeness (QED) is 0.818. The maximum atomic E-state index is 12.4. The molecule has 1 heterocycles. The predicted molar refractivity (Wildman–Crippen MR) is 82.4 cm³/mol. The summed E-state index contributed by atoms with van der Waals surface area (Å²) in [6.45, 7) is 3.16. The number of carbonyl (C=O) groups is 1. The molecular formula is C13H12Cl2N2O4S. The highest BCUT2D eigenvalue weighted by Gasteiger charge is 2.24. The van der Waals surface area contributed by atoms with Gasteiger partial charge in [0.1, 0.15) is 4.90 Å². The second-order valence-corrected chi connectivity index (χ2v) is 6.88. The van der Waals surface area contributed by atoms with Crippen LogP contribution in [0.4, 0.5) is 0 Å². The average Bonchev–Trinajstić information content (AvgIpc) is 2.97. The number of hydrazine groups is 1. The van der Waals surface area contributed by atoms with Crippen molar-refractivity contribution in [2.24, 2.45) is 0 Å². The third-order valence-corrected chi connectivity index (χ3v) is 5.31.